The van der Waals surface area contributed by atoms with Gasteiger partial charge in [0.25, 0.3) is 0 Å². The molecule has 0 aliphatic rings. The van der Waals surface area contributed by atoms with Gasteiger partial charge < -0.3 is 0 Å². The van der Waals surface area contributed by atoms with Crippen molar-refractivity contribution in [2.24, 2.45) is 0 Å². The maximum absolute atomic E-state index is 4.81. The first-order chi connectivity index (χ1) is 6.17. The van der Waals surface area contributed by atoms with E-state index in [-0.39, 0.29) is 30.1 Å². The van der Waals surface area contributed by atoms with Crippen molar-refractivity contribution < 1.29 is 15.9 Å². The van der Waals surface area contributed by atoms with Crippen molar-refractivity contribution in [1.82, 2.24) is 0 Å². The van der Waals surface area contributed by atoms with Gasteiger partial charge in [-0.25, -0.2) is 0 Å². The van der Waals surface area contributed by atoms with Gasteiger partial charge >= 0.3 is 35.0 Å². The molecule has 0 bridgehead atoms. The fraction of sp³-hybridized carbons (Fsp3) is 1.00. The molecule has 0 heterocycles. The number of rotatable bonds is 3. The molecule has 0 radical (unpaired) electrons. The molecule has 0 aromatic heterocycles. The quantitative estimate of drug-likeness (QED) is 0.475. The van der Waals surface area contributed by atoms with Gasteiger partial charge in [0, 0.05) is 8.80 Å². The Morgan fingerprint density at radius 3 is 1.08 bits per heavy atom. The minimum absolute atomic E-state index is 0.106. The van der Waals surface area contributed by atoms with Crippen LogP contribution in [-0.2, 0) is 15.9 Å². The molecule has 0 aromatic rings. The summed E-state index contributed by atoms with van der Waals surface area (Å²) in [6, 6.07) is 4.48. The van der Waals surface area contributed by atoms with E-state index < -0.39 is 0 Å². The van der Waals surface area contributed by atoms with Crippen molar-refractivity contribution in [2.75, 3.05) is 5.34 Å². The second-order valence-electron chi connectivity index (χ2n) is 2.24. The van der Waals surface area contributed by atoms with Gasteiger partial charge in [-0.1, -0.05) is 38.9 Å². The molecule has 0 aromatic carbocycles. The molecule has 0 atom stereocenters. The van der Waals surface area contributed by atoms with Gasteiger partial charge in [-0.15, -0.1) is 23.2 Å². The minimum atomic E-state index is -0.171. The third kappa shape index (κ3) is 31.5. The molecule has 6 heteroatoms. The number of hydrogen-bond donors (Lipinski definition) is 0. The van der Waals surface area contributed by atoms with E-state index in [0.717, 1.165) is 0 Å². The third-order valence-electron chi connectivity index (χ3n) is 1.73. The summed E-state index contributed by atoms with van der Waals surface area (Å²) in [5.74, 6) is 0. The van der Waals surface area contributed by atoms with E-state index in [1.54, 1.807) is 0 Å². The van der Waals surface area contributed by atoms with Crippen LogP contribution in [0.1, 0.15) is 20.8 Å². The molecule has 13 heavy (non-hydrogen) atoms. The normalized spacial score (nSPS) is 8.62. The van der Waals surface area contributed by atoms with Crippen molar-refractivity contribution in [1.29, 1.82) is 0 Å². The summed E-state index contributed by atoms with van der Waals surface area (Å²) in [7, 11) is 9.46. The predicted molar refractivity (Wildman–Crippen MR) is 66.9 cm³/mol. The second kappa shape index (κ2) is 23.7. The number of hydrogen-bond acceptors (Lipinski definition) is 0. The van der Waals surface area contributed by atoms with Crippen molar-refractivity contribution in [3.8, 4) is 0 Å². The zero-order chi connectivity index (χ0) is 11.1. The van der Waals surface area contributed by atoms with Crippen LogP contribution in [-0.4, -0.2) is 14.1 Å². The molecule has 0 N–H and O–H groups in total. The number of alkyl halides is 2. The van der Waals surface area contributed by atoms with Gasteiger partial charge in [0.05, 0.1) is 5.34 Å². The number of halogens is 4. The Balaban J connectivity index is -0.000000140. The molecule has 0 spiro atoms. The van der Waals surface area contributed by atoms with E-state index >= 15 is 0 Å². The standard InChI is InChI=1S/C6H16Si.CH2Cl2.2ClH.Pd/c1-4-7(5-2)6-3;2-1-3;;;/h7H,4-6H2,1-3H3;1H2;2*1H;/q;;;;+2/p-2. The van der Waals surface area contributed by atoms with E-state index in [2.05, 4.69) is 20.8 Å². The molecule has 0 saturated carbocycles. The molecule has 0 unspecified atom stereocenters. The monoisotopic (exact) mass is 376 g/mol. The van der Waals surface area contributed by atoms with Gasteiger partial charge in [0.1, 0.15) is 0 Å². The van der Waals surface area contributed by atoms with Gasteiger partial charge in [-0.3, -0.25) is 0 Å². The van der Waals surface area contributed by atoms with E-state index in [9.17, 15) is 0 Å². The molecule has 0 aliphatic heterocycles. The maximum atomic E-state index is 4.81. The fourth-order valence-corrected chi connectivity index (χ4v) is 2.60. The summed E-state index contributed by atoms with van der Waals surface area (Å²) >= 11 is 9.42. The first kappa shape index (κ1) is 20.5. The molecule has 0 fully saturated rings. The topological polar surface area (TPSA) is 0 Å². The molecular formula is C7H18Cl4PdSi. The molecule has 0 rings (SSSR count). The molecule has 0 amide bonds. The summed E-state index contributed by atoms with van der Waals surface area (Å²) in [5, 5.41) is 0.194. The van der Waals surface area contributed by atoms with E-state index in [0.29, 0.717) is 0 Å². The molecule has 0 aliphatic carbocycles. The fourth-order valence-electron chi connectivity index (χ4n) is 0.866. The summed E-state index contributed by atoms with van der Waals surface area (Å²) in [4.78, 5) is 0. The van der Waals surface area contributed by atoms with Crippen LogP contribution >= 0.6 is 42.3 Å². The van der Waals surface area contributed by atoms with Crippen molar-refractivity contribution >= 4 is 51.1 Å². The molecule has 0 nitrogen and oxygen atoms in total. The van der Waals surface area contributed by atoms with Crippen LogP contribution in [0.3, 0.4) is 0 Å². The summed E-state index contributed by atoms with van der Waals surface area (Å²) < 4.78 is 0. The zero-order valence-electron chi connectivity index (χ0n) is 8.23. The van der Waals surface area contributed by atoms with Gasteiger partial charge in [-0.2, -0.15) is 0 Å². The van der Waals surface area contributed by atoms with Crippen LogP contribution in [0.15, 0.2) is 0 Å². The Morgan fingerprint density at radius 2 is 1.08 bits per heavy atom. The molecule has 0 saturated heterocycles. The first-order valence-corrected chi connectivity index (χ1v) is 11.6. The van der Waals surface area contributed by atoms with Crippen molar-refractivity contribution in [3.05, 3.63) is 0 Å². The van der Waals surface area contributed by atoms with Crippen LogP contribution in [0.5, 0.6) is 0 Å². The molecule has 88 valence electrons. The van der Waals surface area contributed by atoms with Crippen molar-refractivity contribution in [2.45, 2.75) is 38.9 Å². The van der Waals surface area contributed by atoms with Gasteiger partial charge in [-0.05, 0) is 0 Å². The van der Waals surface area contributed by atoms with Crippen LogP contribution in [0.25, 0.3) is 0 Å². The Hall–Kier alpha value is 2.04. The van der Waals surface area contributed by atoms with E-state index in [4.69, 9.17) is 42.3 Å². The van der Waals surface area contributed by atoms with E-state index in [1.807, 2.05) is 0 Å². The third-order valence-corrected chi connectivity index (χ3v) is 5.20. The van der Waals surface area contributed by atoms with Crippen LogP contribution in [0.4, 0.5) is 0 Å². The van der Waals surface area contributed by atoms with Crippen LogP contribution in [0.2, 0.25) is 18.1 Å². The molecular weight excluding hydrogens is 360 g/mol. The van der Waals surface area contributed by atoms with Crippen LogP contribution < -0.4 is 0 Å². The Bertz CT molecular complexity index is 56.9. The predicted octanol–water partition coefficient (Wildman–Crippen LogP) is 5.07. The van der Waals surface area contributed by atoms with Gasteiger partial charge in [0.2, 0.25) is 0 Å². The van der Waals surface area contributed by atoms with Gasteiger partial charge in [0.15, 0.2) is 0 Å². The Morgan fingerprint density at radius 1 is 0.923 bits per heavy atom. The summed E-state index contributed by atoms with van der Waals surface area (Å²) in [5.41, 5.74) is 0. The van der Waals surface area contributed by atoms with E-state index in [1.165, 1.54) is 18.1 Å². The second-order valence-corrected chi connectivity index (χ2v) is 9.59. The van der Waals surface area contributed by atoms with Crippen LogP contribution in [0, 0.1) is 0 Å². The average Bonchev–Trinajstić information content (AvgIpc) is 2.10. The Kier molecular flexibility index (Phi) is 37.3. The average molecular weight is 379 g/mol. The first-order valence-electron chi connectivity index (χ1n) is 4.12. The zero-order valence-corrected chi connectivity index (χ0v) is 14.0. The summed E-state index contributed by atoms with van der Waals surface area (Å²) in [6.45, 7) is 6.97. The summed E-state index contributed by atoms with van der Waals surface area (Å²) in [6.07, 6.45) is 0. The Labute approximate surface area is 110 Å². The van der Waals surface area contributed by atoms with Crippen molar-refractivity contribution in [3.63, 3.8) is 0 Å². The SMILES string of the molecule is CC[SiH](CC)CC.ClCCl.[Cl][Pd][Cl].